The number of hydrogen-bond donors (Lipinski definition) is 1. The molecule has 2 N–H and O–H groups in total. The van der Waals surface area contributed by atoms with Crippen molar-refractivity contribution in [3.63, 3.8) is 0 Å². The van der Waals surface area contributed by atoms with Crippen LogP contribution in [0, 0.1) is 13.8 Å². The summed E-state index contributed by atoms with van der Waals surface area (Å²) in [5, 5.41) is 1.07. The maximum Gasteiger partial charge on any atom is 0.0900 e. The molecule has 16 heavy (non-hydrogen) atoms. The van der Waals surface area contributed by atoms with Crippen molar-refractivity contribution in [3.8, 4) is 0 Å². The topological polar surface area (TPSA) is 51.8 Å². The van der Waals surface area contributed by atoms with Gasteiger partial charge in [0.1, 0.15) is 0 Å². The van der Waals surface area contributed by atoms with Crippen molar-refractivity contribution in [2.45, 2.75) is 26.3 Å². The van der Waals surface area contributed by atoms with Gasteiger partial charge >= 0.3 is 0 Å². The first-order chi connectivity index (χ1) is 7.66. The maximum absolute atomic E-state index is 6.17. The molecule has 2 aromatic heterocycles. The summed E-state index contributed by atoms with van der Waals surface area (Å²) >= 11 is 1.68. The third-order valence-electron chi connectivity index (χ3n) is 2.43. The van der Waals surface area contributed by atoms with Gasteiger partial charge in [-0.25, -0.2) is 4.98 Å². The van der Waals surface area contributed by atoms with Gasteiger partial charge in [-0.2, -0.15) is 0 Å². The lowest BCUT2D eigenvalue weighted by molar-refractivity contribution is 0.713. The lowest BCUT2D eigenvalue weighted by atomic mass is 10.1. The molecule has 0 aliphatic carbocycles. The highest BCUT2D eigenvalue weighted by Crippen LogP contribution is 2.25. The van der Waals surface area contributed by atoms with E-state index in [4.69, 9.17) is 5.73 Å². The van der Waals surface area contributed by atoms with Crippen molar-refractivity contribution in [2.75, 3.05) is 0 Å². The van der Waals surface area contributed by atoms with Crippen LogP contribution >= 0.6 is 11.3 Å². The molecule has 3 nitrogen and oxygen atoms in total. The summed E-state index contributed by atoms with van der Waals surface area (Å²) in [6.45, 7) is 4.02. The standard InChI is InChI=1S/C12H15N3S/c1-8-12(16-9(2)15-8)11(13)7-10-5-3-4-6-14-10/h3-6,11H,7,13H2,1-2H3. The van der Waals surface area contributed by atoms with Gasteiger partial charge in [0.05, 0.1) is 10.7 Å². The Labute approximate surface area is 99.4 Å². The van der Waals surface area contributed by atoms with Crippen molar-refractivity contribution in [3.05, 3.63) is 45.7 Å². The fraction of sp³-hybridized carbons (Fsp3) is 0.333. The summed E-state index contributed by atoms with van der Waals surface area (Å²) in [6, 6.07) is 5.90. The molecule has 0 fully saturated rings. The van der Waals surface area contributed by atoms with E-state index in [-0.39, 0.29) is 6.04 Å². The predicted octanol–water partition coefficient (Wildman–Crippen LogP) is 2.40. The number of nitrogens with two attached hydrogens (primary N) is 1. The highest BCUT2D eigenvalue weighted by atomic mass is 32.1. The van der Waals surface area contributed by atoms with Crippen LogP contribution in [0.3, 0.4) is 0 Å². The number of pyridine rings is 1. The summed E-state index contributed by atoms with van der Waals surface area (Å²) in [7, 11) is 0. The second-order valence-corrected chi connectivity index (χ2v) is 5.05. The molecule has 1 unspecified atom stereocenters. The van der Waals surface area contributed by atoms with Gasteiger partial charge in [-0.15, -0.1) is 11.3 Å². The first-order valence-corrected chi connectivity index (χ1v) is 6.08. The van der Waals surface area contributed by atoms with Gasteiger partial charge in [0.2, 0.25) is 0 Å². The van der Waals surface area contributed by atoms with Crippen molar-refractivity contribution >= 4 is 11.3 Å². The Balaban J connectivity index is 2.14. The SMILES string of the molecule is Cc1nc(C)c(C(N)Cc2ccccn2)s1. The Bertz CT molecular complexity index is 464. The zero-order valence-corrected chi connectivity index (χ0v) is 10.3. The molecule has 2 heterocycles. The molecule has 0 aliphatic heterocycles. The van der Waals surface area contributed by atoms with Crippen LogP contribution in [0.1, 0.15) is 27.3 Å². The van der Waals surface area contributed by atoms with Gasteiger partial charge < -0.3 is 5.73 Å². The van der Waals surface area contributed by atoms with E-state index < -0.39 is 0 Å². The van der Waals surface area contributed by atoms with Crippen LogP contribution in [0.5, 0.6) is 0 Å². The second kappa shape index (κ2) is 4.72. The molecule has 2 aromatic rings. The molecule has 84 valence electrons. The zero-order chi connectivity index (χ0) is 11.5. The van der Waals surface area contributed by atoms with Crippen molar-refractivity contribution in [1.29, 1.82) is 0 Å². The summed E-state index contributed by atoms with van der Waals surface area (Å²) in [5.41, 5.74) is 8.25. The number of aryl methyl sites for hydroxylation is 2. The van der Waals surface area contributed by atoms with E-state index in [1.165, 1.54) is 4.88 Å². The molecule has 4 heteroatoms. The predicted molar refractivity (Wildman–Crippen MR) is 66.5 cm³/mol. The number of hydrogen-bond acceptors (Lipinski definition) is 4. The fourth-order valence-corrected chi connectivity index (χ4v) is 2.66. The molecule has 0 aromatic carbocycles. The monoisotopic (exact) mass is 233 g/mol. The third-order valence-corrected chi connectivity index (χ3v) is 3.64. The van der Waals surface area contributed by atoms with Crippen LogP contribution in [0.15, 0.2) is 24.4 Å². The summed E-state index contributed by atoms with van der Waals surface area (Å²) < 4.78 is 0. The number of nitrogens with zero attached hydrogens (tertiary/aromatic N) is 2. The van der Waals surface area contributed by atoms with Gasteiger partial charge in [-0.1, -0.05) is 6.07 Å². The molecule has 0 bridgehead atoms. The molecule has 0 spiro atoms. The Morgan fingerprint density at radius 2 is 2.19 bits per heavy atom. The first-order valence-electron chi connectivity index (χ1n) is 5.26. The van der Waals surface area contributed by atoms with E-state index in [1.54, 1.807) is 17.5 Å². The van der Waals surface area contributed by atoms with Crippen molar-refractivity contribution in [1.82, 2.24) is 9.97 Å². The van der Waals surface area contributed by atoms with Gasteiger partial charge in [0, 0.05) is 29.2 Å². The number of thiazole rings is 1. The molecule has 0 amide bonds. The molecular weight excluding hydrogens is 218 g/mol. The molecule has 0 saturated heterocycles. The minimum absolute atomic E-state index is 0.00102. The van der Waals surface area contributed by atoms with E-state index in [9.17, 15) is 0 Å². The zero-order valence-electron chi connectivity index (χ0n) is 9.47. The average Bonchev–Trinajstić information content (AvgIpc) is 2.59. The minimum Gasteiger partial charge on any atom is -0.323 e. The van der Waals surface area contributed by atoms with E-state index in [1.807, 2.05) is 32.0 Å². The Hall–Kier alpha value is -1.26. The molecule has 2 rings (SSSR count). The molecule has 0 aliphatic rings. The quantitative estimate of drug-likeness (QED) is 0.885. The van der Waals surface area contributed by atoms with E-state index >= 15 is 0 Å². The lowest BCUT2D eigenvalue weighted by Crippen LogP contribution is -2.13. The lowest BCUT2D eigenvalue weighted by Gasteiger charge is -2.09. The van der Waals surface area contributed by atoms with Crippen LogP contribution in [0.2, 0.25) is 0 Å². The Morgan fingerprint density at radius 3 is 2.75 bits per heavy atom. The third kappa shape index (κ3) is 2.46. The molecular formula is C12H15N3S. The highest BCUT2D eigenvalue weighted by Gasteiger charge is 2.14. The van der Waals surface area contributed by atoms with Crippen LogP contribution in [-0.4, -0.2) is 9.97 Å². The van der Waals surface area contributed by atoms with Crippen LogP contribution < -0.4 is 5.73 Å². The van der Waals surface area contributed by atoms with Gasteiger partial charge in [-0.05, 0) is 26.0 Å². The Morgan fingerprint density at radius 1 is 1.38 bits per heavy atom. The van der Waals surface area contributed by atoms with E-state index in [0.717, 1.165) is 22.8 Å². The minimum atomic E-state index is 0.00102. The summed E-state index contributed by atoms with van der Waals surface area (Å²) in [6.07, 6.45) is 2.57. The normalized spacial score (nSPS) is 12.7. The Kier molecular flexibility index (Phi) is 3.31. The largest absolute Gasteiger partial charge is 0.323 e. The van der Waals surface area contributed by atoms with Crippen LogP contribution in [0.4, 0.5) is 0 Å². The molecule has 0 radical (unpaired) electrons. The van der Waals surface area contributed by atoms with Crippen molar-refractivity contribution < 1.29 is 0 Å². The number of aromatic nitrogens is 2. The summed E-state index contributed by atoms with van der Waals surface area (Å²) in [4.78, 5) is 9.85. The molecule has 0 saturated carbocycles. The fourth-order valence-electron chi connectivity index (χ4n) is 1.73. The highest BCUT2D eigenvalue weighted by molar-refractivity contribution is 7.11. The molecule has 1 atom stereocenters. The first kappa shape index (κ1) is 11.2. The van der Waals surface area contributed by atoms with E-state index in [2.05, 4.69) is 9.97 Å². The summed E-state index contributed by atoms with van der Waals surface area (Å²) in [5.74, 6) is 0. The second-order valence-electron chi connectivity index (χ2n) is 3.81. The van der Waals surface area contributed by atoms with Crippen LogP contribution in [-0.2, 0) is 6.42 Å². The van der Waals surface area contributed by atoms with Crippen molar-refractivity contribution in [2.24, 2.45) is 5.73 Å². The number of rotatable bonds is 3. The van der Waals surface area contributed by atoms with Gasteiger partial charge in [0.25, 0.3) is 0 Å². The smallest absolute Gasteiger partial charge is 0.0900 e. The van der Waals surface area contributed by atoms with Crippen LogP contribution in [0.25, 0.3) is 0 Å². The average molecular weight is 233 g/mol. The van der Waals surface area contributed by atoms with E-state index in [0.29, 0.717) is 0 Å². The maximum atomic E-state index is 6.17. The van der Waals surface area contributed by atoms with Gasteiger partial charge in [0.15, 0.2) is 0 Å². The van der Waals surface area contributed by atoms with Gasteiger partial charge in [-0.3, -0.25) is 4.98 Å².